The molecule has 0 bridgehead atoms. The third-order valence-electron chi connectivity index (χ3n) is 5.29. The Kier molecular flexibility index (Phi) is 7.55. The Labute approximate surface area is 209 Å². The third kappa shape index (κ3) is 5.26. The fourth-order valence-electron chi connectivity index (χ4n) is 3.63. The number of amides is 1. The van der Waals surface area contributed by atoms with Crippen LogP contribution in [0.4, 0.5) is 5.69 Å². The Balaban J connectivity index is 1.42. The molecule has 7 heteroatoms. The summed E-state index contributed by atoms with van der Waals surface area (Å²) in [4.78, 5) is 15.1. The summed E-state index contributed by atoms with van der Waals surface area (Å²) in [6.07, 6.45) is 1.82. The molecular formula is C27H25NO4S2. The van der Waals surface area contributed by atoms with Gasteiger partial charge in [0.15, 0.2) is 15.8 Å². The minimum atomic E-state index is -0.135. The highest BCUT2D eigenvalue weighted by atomic mass is 32.2. The minimum Gasteiger partial charge on any atom is -0.493 e. The van der Waals surface area contributed by atoms with Crippen LogP contribution in [-0.4, -0.2) is 30.6 Å². The number of carbonyl (C=O) groups excluding carboxylic acids is 1. The Morgan fingerprint density at radius 2 is 1.62 bits per heavy atom. The molecule has 0 N–H and O–H groups in total. The van der Waals surface area contributed by atoms with Gasteiger partial charge in [-0.25, -0.2) is 0 Å². The predicted molar refractivity (Wildman–Crippen MR) is 142 cm³/mol. The van der Waals surface area contributed by atoms with Crippen LogP contribution in [0.3, 0.4) is 0 Å². The molecule has 0 unspecified atom stereocenters. The number of para-hydroxylation sites is 2. The molecule has 0 saturated carbocycles. The number of aryl methyl sites for hydroxylation is 2. The lowest BCUT2D eigenvalue weighted by atomic mass is 10.1. The minimum absolute atomic E-state index is 0.135. The van der Waals surface area contributed by atoms with Gasteiger partial charge in [-0.2, -0.15) is 0 Å². The average molecular weight is 492 g/mol. The van der Waals surface area contributed by atoms with E-state index in [1.54, 1.807) is 12.0 Å². The van der Waals surface area contributed by atoms with E-state index in [-0.39, 0.29) is 5.91 Å². The van der Waals surface area contributed by atoms with Crippen LogP contribution < -0.4 is 19.1 Å². The molecule has 1 aliphatic rings. The first kappa shape index (κ1) is 23.9. The van der Waals surface area contributed by atoms with Gasteiger partial charge in [0.25, 0.3) is 5.91 Å². The number of nitrogens with zero attached hydrogens (tertiary/aromatic N) is 1. The molecule has 0 spiro atoms. The molecule has 1 saturated heterocycles. The van der Waals surface area contributed by atoms with Crippen molar-refractivity contribution >= 4 is 46.0 Å². The molecule has 0 atom stereocenters. The van der Waals surface area contributed by atoms with E-state index in [1.807, 2.05) is 86.7 Å². The van der Waals surface area contributed by atoms with Crippen molar-refractivity contribution in [2.45, 2.75) is 13.8 Å². The number of benzene rings is 3. The SMILES string of the molecule is COc1cc(C=C2SC(=S)N(c3ccccc3)C2=O)ccc1OCCOc1c(C)cccc1C. The highest BCUT2D eigenvalue weighted by molar-refractivity contribution is 8.27. The first-order valence-electron chi connectivity index (χ1n) is 10.8. The Morgan fingerprint density at radius 1 is 0.912 bits per heavy atom. The number of thioether (sulfide) groups is 1. The van der Waals surface area contributed by atoms with E-state index in [2.05, 4.69) is 0 Å². The topological polar surface area (TPSA) is 48.0 Å². The lowest BCUT2D eigenvalue weighted by molar-refractivity contribution is -0.113. The maximum absolute atomic E-state index is 13.0. The quantitative estimate of drug-likeness (QED) is 0.213. The normalized spacial score (nSPS) is 14.6. The van der Waals surface area contributed by atoms with Crippen LogP contribution >= 0.6 is 24.0 Å². The number of hydrogen-bond donors (Lipinski definition) is 0. The van der Waals surface area contributed by atoms with Gasteiger partial charge < -0.3 is 14.2 Å². The standard InChI is InChI=1S/C27H25NO4S2/c1-18-8-7-9-19(2)25(18)32-15-14-31-22-13-12-20(16-23(22)30-3)17-24-26(29)28(27(33)34-24)21-10-5-4-6-11-21/h4-13,16-17H,14-15H2,1-3H3. The van der Waals surface area contributed by atoms with Crippen LogP contribution in [0.2, 0.25) is 0 Å². The molecule has 1 fully saturated rings. The Morgan fingerprint density at radius 3 is 2.32 bits per heavy atom. The van der Waals surface area contributed by atoms with Crippen molar-refractivity contribution in [1.82, 2.24) is 0 Å². The second-order valence-corrected chi connectivity index (χ2v) is 9.36. The van der Waals surface area contributed by atoms with Crippen molar-refractivity contribution in [3.63, 3.8) is 0 Å². The number of ether oxygens (including phenoxy) is 3. The van der Waals surface area contributed by atoms with Gasteiger partial charge in [0.1, 0.15) is 19.0 Å². The number of thiocarbonyl (C=S) groups is 1. The molecule has 1 amide bonds. The zero-order valence-electron chi connectivity index (χ0n) is 19.2. The van der Waals surface area contributed by atoms with Crippen molar-refractivity contribution < 1.29 is 19.0 Å². The number of anilines is 1. The molecule has 34 heavy (non-hydrogen) atoms. The summed E-state index contributed by atoms with van der Waals surface area (Å²) in [6.45, 7) is 4.84. The van der Waals surface area contributed by atoms with Crippen molar-refractivity contribution in [1.29, 1.82) is 0 Å². The van der Waals surface area contributed by atoms with E-state index >= 15 is 0 Å². The van der Waals surface area contributed by atoms with Gasteiger partial charge in [-0.3, -0.25) is 9.69 Å². The zero-order valence-corrected chi connectivity index (χ0v) is 20.9. The second-order valence-electron chi connectivity index (χ2n) is 7.68. The molecule has 1 heterocycles. The number of methoxy groups -OCH3 is 1. The molecule has 174 valence electrons. The number of hydrogen-bond acceptors (Lipinski definition) is 6. The highest BCUT2D eigenvalue weighted by Gasteiger charge is 2.33. The summed E-state index contributed by atoms with van der Waals surface area (Å²) in [5, 5.41) is 0. The Bertz CT molecular complexity index is 1220. The Hall–Kier alpha value is -3.29. The molecule has 1 aliphatic heterocycles. The first-order chi connectivity index (χ1) is 16.5. The van der Waals surface area contributed by atoms with Gasteiger partial charge in [0.2, 0.25) is 0 Å². The van der Waals surface area contributed by atoms with Gasteiger partial charge in [-0.1, -0.05) is 66.4 Å². The summed E-state index contributed by atoms with van der Waals surface area (Å²) in [5.74, 6) is 1.95. The first-order valence-corrected chi connectivity index (χ1v) is 12.0. The molecule has 5 nitrogen and oxygen atoms in total. The molecule has 3 aromatic carbocycles. The zero-order chi connectivity index (χ0) is 24.1. The molecule has 3 aromatic rings. The van der Waals surface area contributed by atoms with Crippen LogP contribution in [0.5, 0.6) is 17.2 Å². The summed E-state index contributed by atoms with van der Waals surface area (Å²) >= 11 is 6.73. The van der Waals surface area contributed by atoms with Gasteiger partial charge in [0.05, 0.1) is 17.7 Å². The summed E-state index contributed by atoms with van der Waals surface area (Å²) in [5.41, 5.74) is 3.78. The second kappa shape index (κ2) is 10.8. The van der Waals surface area contributed by atoms with Crippen LogP contribution in [0.15, 0.2) is 71.6 Å². The van der Waals surface area contributed by atoms with Crippen LogP contribution in [0, 0.1) is 13.8 Å². The summed E-state index contributed by atoms with van der Waals surface area (Å²) in [6, 6.07) is 21.0. The predicted octanol–water partition coefficient (Wildman–Crippen LogP) is 6.18. The van der Waals surface area contributed by atoms with Gasteiger partial charge in [-0.15, -0.1) is 0 Å². The van der Waals surface area contributed by atoms with Crippen molar-refractivity contribution in [3.8, 4) is 17.2 Å². The van der Waals surface area contributed by atoms with E-state index in [1.165, 1.54) is 11.8 Å². The van der Waals surface area contributed by atoms with Gasteiger partial charge in [0, 0.05) is 0 Å². The van der Waals surface area contributed by atoms with Gasteiger partial charge in [-0.05, 0) is 60.9 Å². The molecule has 0 radical (unpaired) electrons. The maximum Gasteiger partial charge on any atom is 0.270 e. The molecule has 0 aromatic heterocycles. The molecule has 0 aliphatic carbocycles. The van der Waals surface area contributed by atoms with Crippen LogP contribution in [-0.2, 0) is 4.79 Å². The monoisotopic (exact) mass is 491 g/mol. The number of rotatable bonds is 8. The smallest absolute Gasteiger partial charge is 0.270 e. The van der Waals surface area contributed by atoms with E-state index in [0.29, 0.717) is 33.9 Å². The molecule has 4 rings (SSSR count). The lowest BCUT2D eigenvalue weighted by Gasteiger charge is -2.14. The van der Waals surface area contributed by atoms with Crippen molar-refractivity contribution in [3.05, 3.63) is 88.3 Å². The van der Waals surface area contributed by atoms with Gasteiger partial charge >= 0.3 is 0 Å². The van der Waals surface area contributed by atoms with E-state index in [9.17, 15) is 4.79 Å². The third-order valence-corrected chi connectivity index (χ3v) is 6.59. The van der Waals surface area contributed by atoms with E-state index < -0.39 is 0 Å². The number of carbonyl (C=O) groups is 1. The summed E-state index contributed by atoms with van der Waals surface area (Å²) in [7, 11) is 1.59. The molecular weight excluding hydrogens is 466 g/mol. The fraction of sp³-hybridized carbons (Fsp3) is 0.185. The lowest BCUT2D eigenvalue weighted by Crippen LogP contribution is -2.27. The maximum atomic E-state index is 13.0. The van der Waals surface area contributed by atoms with Crippen molar-refractivity contribution in [2.75, 3.05) is 25.2 Å². The van der Waals surface area contributed by atoms with Crippen LogP contribution in [0.25, 0.3) is 6.08 Å². The summed E-state index contributed by atoms with van der Waals surface area (Å²) < 4.78 is 17.8. The highest BCUT2D eigenvalue weighted by Crippen LogP contribution is 2.37. The fourth-order valence-corrected chi connectivity index (χ4v) is 4.93. The van der Waals surface area contributed by atoms with Crippen molar-refractivity contribution in [2.24, 2.45) is 0 Å². The largest absolute Gasteiger partial charge is 0.493 e. The van der Waals surface area contributed by atoms with E-state index in [0.717, 1.165) is 28.1 Å². The average Bonchev–Trinajstić information content (AvgIpc) is 3.11. The van der Waals surface area contributed by atoms with E-state index in [4.69, 9.17) is 26.4 Å². The van der Waals surface area contributed by atoms with Crippen LogP contribution in [0.1, 0.15) is 16.7 Å².